The fraction of sp³-hybridized carbons (Fsp3) is 0.316. The molecule has 0 aliphatic carbocycles. The lowest BCUT2D eigenvalue weighted by Crippen LogP contribution is -2.51. The van der Waals surface area contributed by atoms with Crippen LogP contribution in [0.3, 0.4) is 0 Å². The predicted molar refractivity (Wildman–Crippen MR) is 94.6 cm³/mol. The topological polar surface area (TPSA) is 95.9 Å². The van der Waals surface area contributed by atoms with Crippen molar-refractivity contribution in [2.75, 3.05) is 26.2 Å². The Morgan fingerprint density at radius 3 is 2.73 bits per heavy atom. The summed E-state index contributed by atoms with van der Waals surface area (Å²) in [5.41, 5.74) is 0.894. The molecule has 0 radical (unpaired) electrons. The van der Waals surface area contributed by atoms with Crippen molar-refractivity contribution in [1.82, 2.24) is 10.2 Å². The summed E-state index contributed by atoms with van der Waals surface area (Å²) in [6.07, 6.45) is -0.839. The van der Waals surface area contributed by atoms with Gasteiger partial charge in [0, 0.05) is 6.54 Å². The molecule has 1 heterocycles. The fourth-order valence-corrected chi connectivity index (χ4v) is 2.99. The maximum absolute atomic E-state index is 12.2. The summed E-state index contributed by atoms with van der Waals surface area (Å²) >= 11 is 0. The molecule has 0 aromatic heterocycles. The molecule has 1 aliphatic heterocycles. The molecule has 7 heteroatoms. The van der Waals surface area contributed by atoms with Crippen molar-refractivity contribution in [3.8, 4) is 0 Å². The van der Waals surface area contributed by atoms with Gasteiger partial charge in [0.25, 0.3) is 0 Å². The van der Waals surface area contributed by atoms with Gasteiger partial charge in [0.05, 0.1) is 26.1 Å². The second-order valence-corrected chi connectivity index (χ2v) is 6.13. The molecule has 1 unspecified atom stereocenters. The first-order chi connectivity index (χ1) is 12.5. The van der Waals surface area contributed by atoms with Gasteiger partial charge in [-0.1, -0.05) is 42.5 Å². The van der Waals surface area contributed by atoms with Crippen LogP contribution in [-0.2, 0) is 25.5 Å². The minimum absolute atomic E-state index is 0.00659. The van der Waals surface area contributed by atoms with E-state index >= 15 is 0 Å². The number of fused-ring (bicyclic) bond motifs is 1. The Labute approximate surface area is 150 Å². The average molecular weight is 356 g/mol. The van der Waals surface area contributed by atoms with Crippen LogP contribution >= 0.6 is 0 Å². The summed E-state index contributed by atoms with van der Waals surface area (Å²) in [5, 5.41) is 13.7. The number of hydrogen-bond acceptors (Lipinski definition) is 4. The van der Waals surface area contributed by atoms with E-state index in [1.54, 1.807) is 0 Å². The van der Waals surface area contributed by atoms with E-state index in [2.05, 4.69) is 5.32 Å². The van der Waals surface area contributed by atoms with Gasteiger partial charge in [0.2, 0.25) is 11.8 Å². The molecular formula is C19H20N2O5. The lowest BCUT2D eigenvalue weighted by Gasteiger charge is -2.30. The summed E-state index contributed by atoms with van der Waals surface area (Å²) < 4.78 is 5.08. The zero-order valence-electron chi connectivity index (χ0n) is 14.2. The lowest BCUT2D eigenvalue weighted by atomic mass is 10.0. The van der Waals surface area contributed by atoms with Crippen LogP contribution in [0.15, 0.2) is 42.5 Å². The number of nitrogens with one attached hydrogen (secondary N) is 1. The molecule has 7 nitrogen and oxygen atoms in total. The number of nitrogens with zero attached hydrogens (tertiary/aromatic N) is 1. The number of aliphatic carboxylic acids is 1. The summed E-state index contributed by atoms with van der Waals surface area (Å²) in [7, 11) is 0. The van der Waals surface area contributed by atoms with Crippen molar-refractivity contribution in [3.63, 3.8) is 0 Å². The number of morpholine rings is 1. The highest BCUT2D eigenvalue weighted by atomic mass is 16.5. The number of rotatable bonds is 5. The third-order valence-electron chi connectivity index (χ3n) is 4.36. The molecular weight excluding hydrogens is 336 g/mol. The zero-order valence-corrected chi connectivity index (χ0v) is 14.2. The number of carboxylic acids is 1. The first kappa shape index (κ1) is 17.9. The third-order valence-corrected chi connectivity index (χ3v) is 4.36. The van der Waals surface area contributed by atoms with Gasteiger partial charge in [-0.2, -0.15) is 0 Å². The van der Waals surface area contributed by atoms with E-state index < -0.39 is 12.1 Å². The Kier molecular flexibility index (Phi) is 5.48. The fourth-order valence-electron chi connectivity index (χ4n) is 2.99. The van der Waals surface area contributed by atoms with E-state index in [1.165, 1.54) is 4.90 Å². The van der Waals surface area contributed by atoms with Crippen LogP contribution in [-0.4, -0.2) is 60.1 Å². The highest BCUT2D eigenvalue weighted by Gasteiger charge is 2.28. The standard InChI is InChI=1S/C19H20N2O5/c22-17(10-14-6-3-5-13-4-1-2-7-15(13)14)20-11-18(23)21-8-9-26-16(12-21)19(24)25/h1-7,16H,8-12H2,(H,20,22)(H,24,25). The van der Waals surface area contributed by atoms with Crippen LogP contribution in [0.5, 0.6) is 0 Å². The number of hydrogen-bond donors (Lipinski definition) is 2. The quantitative estimate of drug-likeness (QED) is 0.827. The van der Waals surface area contributed by atoms with E-state index in [4.69, 9.17) is 9.84 Å². The van der Waals surface area contributed by atoms with Gasteiger partial charge in [-0.25, -0.2) is 4.79 Å². The number of carboxylic acid groups (broad SMARTS) is 1. The lowest BCUT2D eigenvalue weighted by molar-refractivity contribution is -0.159. The first-order valence-electron chi connectivity index (χ1n) is 8.40. The molecule has 0 spiro atoms. The molecule has 136 valence electrons. The van der Waals surface area contributed by atoms with Crippen molar-refractivity contribution < 1.29 is 24.2 Å². The molecule has 2 aromatic rings. The highest BCUT2D eigenvalue weighted by Crippen LogP contribution is 2.18. The molecule has 2 aromatic carbocycles. The van der Waals surface area contributed by atoms with Gasteiger partial charge >= 0.3 is 5.97 Å². The number of carbonyl (C=O) groups is 3. The van der Waals surface area contributed by atoms with Gasteiger partial charge in [-0.15, -0.1) is 0 Å². The average Bonchev–Trinajstić information content (AvgIpc) is 2.66. The van der Waals surface area contributed by atoms with Crippen molar-refractivity contribution in [3.05, 3.63) is 48.0 Å². The van der Waals surface area contributed by atoms with Crippen molar-refractivity contribution in [2.24, 2.45) is 0 Å². The summed E-state index contributed by atoms with van der Waals surface area (Å²) in [5.74, 6) is -1.66. The van der Waals surface area contributed by atoms with Crippen molar-refractivity contribution in [1.29, 1.82) is 0 Å². The summed E-state index contributed by atoms with van der Waals surface area (Å²) in [6, 6.07) is 13.6. The van der Waals surface area contributed by atoms with Crippen molar-refractivity contribution >= 4 is 28.6 Å². The molecule has 2 N–H and O–H groups in total. The van der Waals surface area contributed by atoms with Crippen LogP contribution in [0.4, 0.5) is 0 Å². The SMILES string of the molecule is O=C(Cc1cccc2ccccc12)NCC(=O)N1CCOC(C(=O)O)C1. The largest absolute Gasteiger partial charge is 0.479 e. The van der Waals surface area contributed by atoms with E-state index in [-0.39, 0.29) is 37.9 Å². The Morgan fingerprint density at radius 1 is 1.15 bits per heavy atom. The first-order valence-corrected chi connectivity index (χ1v) is 8.40. The number of carbonyl (C=O) groups excluding carboxylic acids is 2. The Hall–Kier alpha value is -2.93. The second-order valence-electron chi connectivity index (χ2n) is 6.13. The number of amides is 2. The number of benzene rings is 2. The maximum atomic E-state index is 12.2. The van der Waals surface area contributed by atoms with Gasteiger partial charge in [0.15, 0.2) is 6.10 Å². The number of ether oxygens (including phenoxy) is 1. The molecule has 0 saturated carbocycles. The van der Waals surface area contributed by atoms with Crippen LogP contribution in [0.1, 0.15) is 5.56 Å². The molecule has 1 saturated heterocycles. The highest BCUT2D eigenvalue weighted by molar-refractivity contribution is 5.91. The monoisotopic (exact) mass is 356 g/mol. The molecule has 3 rings (SSSR count). The second kappa shape index (κ2) is 7.97. The van der Waals surface area contributed by atoms with Crippen LogP contribution in [0, 0.1) is 0 Å². The molecule has 1 aliphatic rings. The van der Waals surface area contributed by atoms with Gasteiger partial charge in [0.1, 0.15) is 0 Å². The minimum Gasteiger partial charge on any atom is -0.479 e. The van der Waals surface area contributed by atoms with Crippen LogP contribution in [0.25, 0.3) is 10.8 Å². The van der Waals surface area contributed by atoms with E-state index in [9.17, 15) is 14.4 Å². The minimum atomic E-state index is -1.09. The smallest absolute Gasteiger partial charge is 0.334 e. The Morgan fingerprint density at radius 2 is 1.92 bits per heavy atom. The third kappa shape index (κ3) is 4.18. The maximum Gasteiger partial charge on any atom is 0.334 e. The molecule has 26 heavy (non-hydrogen) atoms. The van der Waals surface area contributed by atoms with Crippen LogP contribution in [0.2, 0.25) is 0 Å². The molecule has 1 fully saturated rings. The van der Waals surface area contributed by atoms with Gasteiger partial charge < -0.3 is 20.1 Å². The normalized spacial score (nSPS) is 17.1. The molecule has 0 bridgehead atoms. The van der Waals surface area contributed by atoms with Gasteiger partial charge in [-0.3, -0.25) is 9.59 Å². The Balaban J connectivity index is 1.55. The summed E-state index contributed by atoms with van der Waals surface area (Å²) in [4.78, 5) is 36.8. The predicted octanol–water partition coefficient (Wildman–Crippen LogP) is 0.810. The molecule has 2 amide bonds. The van der Waals surface area contributed by atoms with E-state index in [1.807, 2.05) is 42.5 Å². The van der Waals surface area contributed by atoms with E-state index in [0.717, 1.165) is 16.3 Å². The summed E-state index contributed by atoms with van der Waals surface area (Å²) in [6.45, 7) is 0.331. The Bertz CT molecular complexity index is 830. The van der Waals surface area contributed by atoms with Gasteiger partial charge in [-0.05, 0) is 16.3 Å². The zero-order chi connectivity index (χ0) is 18.5. The van der Waals surface area contributed by atoms with E-state index in [0.29, 0.717) is 6.54 Å². The van der Waals surface area contributed by atoms with Crippen molar-refractivity contribution in [2.45, 2.75) is 12.5 Å². The van der Waals surface area contributed by atoms with Crippen LogP contribution < -0.4 is 5.32 Å². The molecule has 1 atom stereocenters.